The Kier molecular flexibility index (Phi) is 6.32. The number of anilines is 2. The van der Waals surface area contributed by atoms with Crippen molar-refractivity contribution < 1.29 is 22.8 Å². The maximum atomic E-state index is 12.8. The van der Waals surface area contributed by atoms with Crippen molar-refractivity contribution >= 4 is 34.5 Å². The van der Waals surface area contributed by atoms with Crippen LogP contribution in [0.1, 0.15) is 29.0 Å². The molecule has 0 atom stereocenters. The van der Waals surface area contributed by atoms with E-state index in [2.05, 4.69) is 25.6 Å². The van der Waals surface area contributed by atoms with Gasteiger partial charge in [-0.05, 0) is 38.1 Å². The number of alkyl halides is 3. The van der Waals surface area contributed by atoms with Gasteiger partial charge in [0.15, 0.2) is 0 Å². The molecule has 180 valence electrons. The van der Waals surface area contributed by atoms with E-state index in [-0.39, 0.29) is 16.4 Å². The quantitative estimate of drug-likeness (QED) is 0.418. The molecule has 1 fully saturated rings. The third-order valence-electron chi connectivity index (χ3n) is 5.90. The lowest BCUT2D eigenvalue weighted by atomic mass is 9.86. The molecule has 1 saturated heterocycles. The second kappa shape index (κ2) is 9.06. The zero-order chi connectivity index (χ0) is 24.5. The molecule has 9 nitrogen and oxygen atoms in total. The number of para-hydroxylation sites is 2. The van der Waals surface area contributed by atoms with Crippen molar-refractivity contribution in [2.45, 2.75) is 24.6 Å². The summed E-state index contributed by atoms with van der Waals surface area (Å²) in [5, 5.41) is 13.1. The Morgan fingerprint density at radius 1 is 1.24 bits per heavy atom. The highest BCUT2D eigenvalue weighted by atomic mass is 32.1. The summed E-state index contributed by atoms with van der Waals surface area (Å²) in [6.45, 7) is 1.11. The Morgan fingerprint density at radius 2 is 1.94 bits per heavy atom. The van der Waals surface area contributed by atoms with Gasteiger partial charge in [-0.1, -0.05) is 12.1 Å². The number of aromatic amines is 1. The zero-order valence-electron chi connectivity index (χ0n) is 18.1. The van der Waals surface area contributed by atoms with Crippen LogP contribution in [0.5, 0.6) is 0 Å². The molecule has 0 radical (unpaired) electrons. The number of rotatable bonds is 6. The van der Waals surface area contributed by atoms with E-state index in [1.807, 2.05) is 17.2 Å². The first-order chi connectivity index (χ1) is 16.1. The number of carbonyl (C=O) groups excluding carboxylic acids is 2. The van der Waals surface area contributed by atoms with Crippen LogP contribution in [0.4, 0.5) is 24.5 Å². The Labute approximate surface area is 196 Å². The van der Waals surface area contributed by atoms with Crippen LogP contribution in [0, 0.1) is 0 Å². The minimum absolute atomic E-state index is 0.00700. The number of halogens is 3. The van der Waals surface area contributed by atoms with Gasteiger partial charge in [0, 0.05) is 18.5 Å². The molecule has 1 aromatic carbocycles. The molecule has 2 aromatic heterocycles. The van der Waals surface area contributed by atoms with Crippen molar-refractivity contribution in [1.29, 1.82) is 0 Å². The van der Waals surface area contributed by atoms with E-state index in [0.29, 0.717) is 31.6 Å². The van der Waals surface area contributed by atoms with E-state index in [1.165, 1.54) is 5.38 Å². The minimum Gasteiger partial charge on any atom is -0.370 e. The number of carbonyl (C=O) groups is 2. The third-order valence-corrected chi connectivity index (χ3v) is 6.76. The van der Waals surface area contributed by atoms with Gasteiger partial charge in [0.1, 0.15) is 27.6 Å². The summed E-state index contributed by atoms with van der Waals surface area (Å²) in [5.41, 5.74) is 5.23. The topological polar surface area (TPSA) is 129 Å². The number of H-pyrrole nitrogens is 1. The molecule has 5 N–H and O–H groups in total. The zero-order valence-corrected chi connectivity index (χ0v) is 18.9. The SMILES string of the molecule is CNC1(C(N)=O)CCN(c2ccccc2NC(=O)c2csc(-c3cc(C(F)(F)F)[nH]n3)n2)CC1. The molecule has 0 unspecified atom stereocenters. The van der Waals surface area contributed by atoms with Crippen molar-refractivity contribution in [3.8, 4) is 10.7 Å². The molecular weight excluding hydrogens is 471 g/mol. The highest BCUT2D eigenvalue weighted by Gasteiger charge is 2.39. The first-order valence-corrected chi connectivity index (χ1v) is 11.2. The Morgan fingerprint density at radius 3 is 2.56 bits per heavy atom. The first-order valence-electron chi connectivity index (χ1n) is 10.4. The fourth-order valence-corrected chi connectivity index (χ4v) is 4.62. The fourth-order valence-electron chi connectivity index (χ4n) is 3.86. The van der Waals surface area contributed by atoms with Crippen molar-refractivity contribution in [1.82, 2.24) is 20.5 Å². The number of primary amides is 1. The highest BCUT2D eigenvalue weighted by molar-refractivity contribution is 7.13. The van der Waals surface area contributed by atoms with Gasteiger partial charge in [-0.2, -0.15) is 18.3 Å². The standard InChI is InChI=1S/C21H22F3N7O2S/c1-26-20(19(25)33)6-8-31(9-7-20)15-5-3-2-4-12(15)27-17(32)14-11-34-18(28-14)13-10-16(30-29-13)21(22,23)24/h2-5,10-11,26H,6-9H2,1H3,(H2,25,33)(H,27,32)(H,29,30). The molecule has 4 rings (SSSR count). The fraction of sp³-hybridized carbons (Fsp3) is 0.333. The van der Waals surface area contributed by atoms with Crippen LogP contribution in [0.2, 0.25) is 0 Å². The summed E-state index contributed by atoms with van der Waals surface area (Å²) in [6, 6.07) is 8.08. The van der Waals surface area contributed by atoms with Gasteiger partial charge in [-0.3, -0.25) is 14.7 Å². The lowest BCUT2D eigenvalue weighted by Crippen LogP contribution is -2.59. The summed E-state index contributed by atoms with van der Waals surface area (Å²) < 4.78 is 38.4. The molecule has 13 heteroatoms. The predicted octanol–water partition coefficient (Wildman–Crippen LogP) is 2.85. The minimum atomic E-state index is -4.55. The second-order valence-electron chi connectivity index (χ2n) is 7.86. The third kappa shape index (κ3) is 4.61. The normalized spacial score (nSPS) is 15.8. The van der Waals surface area contributed by atoms with Crippen molar-refractivity contribution in [2.75, 3.05) is 30.4 Å². The average Bonchev–Trinajstić information content (AvgIpc) is 3.49. The van der Waals surface area contributed by atoms with Crippen molar-refractivity contribution in [2.24, 2.45) is 5.73 Å². The van der Waals surface area contributed by atoms with Crippen LogP contribution in [0.15, 0.2) is 35.7 Å². The molecular formula is C21H22F3N7O2S. The number of hydrogen-bond acceptors (Lipinski definition) is 7. The smallest absolute Gasteiger partial charge is 0.370 e. The molecule has 1 aliphatic rings. The van der Waals surface area contributed by atoms with E-state index in [9.17, 15) is 22.8 Å². The Bertz CT molecular complexity index is 1200. The van der Waals surface area contributed by atoms with E-state index < -0.39 is 29.2 Å². The predicted molar refractivity (Wildman–Crippen MR) is 122 cm³/mol. The lowest BCUT2D eigenvalue weighted by molar-refractivity contribution is -0.141. The molecule has 34 heavy (non-hydrogen) atoms. The lowest BCUT2D eigenvalue weighted by Gasteiger charge is -2.41. The molecule has 3 heterocycles. The average molecular weight is 494 g/mol. The number of amides is 2. The van der Waals surface area contributed by atoms with Crippen molar-refractivity contribution in [3.05, 3.63) is 47.1 Å². The number of nitrogens with zero attached hydrogens (tertiary/aromatic N) is 3. The molecule has 0 spiro atoms. The molecule has 3 aromatic rings. The molecule has 0 aliphatic carbocycles. The molecule has 0 saturated carbocycles. The van der Waals surface area contributed by atoms with Crippen LogP contribution in [-0.4, -0.2) is 52.7 Å². The summed E-state index contributed by atoms with van der Waals surface area (Å²) in [6.07, 6.45) is -3.52. The van der Waals surface area contributed by atoms with Crippen LogP contribution >= 0.6 is 11.3 Å². The van der Waals surface area contributed by atoms with E-state index in [1.54, 1.807) is 19.2 Å². The monoisotopic (exact) mass is 493 g/mol. The Balaban J connectivity index is 1.48. The van der Waals surface area contributed by atoms with Gasteiger partial charge >= 0.3 is 6.18 Å². The van der Waals surface area contributed by atoms with Gasteiger partial charge in [0.05, 0.1) is 11.4 Å². The van der Waals surface area contributed by atoms with Crippen LogP contribution in [0.3, 0.4) is 0 Å². The van der Waals surface area contributed by atoms with Gasteiger partial charge in [-0.15, -0.1) is 11.3 Å². The van der Waals surface area contributed by atoms with Crippen LogP contribution in [-0.2, 0) is 11.0 Å². The van der Waals surface area contributed by atoms with Crippen molar-refractivity contribution in [3.63, 3.8) is 0 Å². The largest absolute Gasteiger partial charge is 0.432 e. The summed E-state index contributed by atoms with van der Waals surface area (Å²) in [5.74, 6) is -0.893. The Hall–Kier alpha value is -3.45. The summed E-state index contributed by atoms with van der Waals surface area (Å²) in [4.78, 5) is 30.9. The highest BCUT2D eigenvalue weighted by Crippen LogP contribution is 2.33. The van der Waals surface area contributed by atoms with Gasteiger partial charge in [0.2, 0.25) is 5.91 Å². The second-order valence-corrected chi connectivity index (χ2v) is 8.72. The number of piperidine rings is 1. The molecule has 1 aliphatic heterocycles. The van der Waals surface area contributed by atoms with Gasteiger partial charge in [-0.25, -0.2) is 4.98 Å². The van der Waals surface area contributed by atoms with E-state index in [0.717, 1.165) is 23.1 Å². The number of hydrogen-bond donors (Lipinski definition) is 4. The number of nitrogens with one attached hydrogen (secondary N) is 3. The number of aromatic nitrogens is 3. The van der Waals surface area contributed by atoms with E-state index >= 15 is 0 Å². The van der Waals surface area contributed by atoms with Gasteiger partial charge in [0.25, 0.3) is 5.91 Å². The first kappa shape index (κ1) is 23.7. The maximum absolute atomic E-state index is 12.8. The van der Waals surface area contributed by atoms with E-state index in [4.69, 9.17) is 5.73 Å². The summed E-state index contributed by atoms with van der Waals surface area (Å²) >= 11 is 1.02. The number of nitrogens with two attached hydrogens (primary N) is 1. The number of thiazole rings is 1. The van der Waals surface area contributed by atoms with Gasteiger partial charge < -0.3 is 21.3 Å². The molecule has 2 amide bonds. The number of likely N-dealkylation sites (N-methyl/N-ethyl adjacent to an activating group) is 1. The van der Waals surface area contributed by atoms with Crippen LogP contribution < -0.4 is 21.3 Å². The van der Waals surface area contributed by atoms with Crippen LogP contribution in [0.25, 0.3) is 10.7 Å². The summed E-state index contributed by atoms with van der Waals surface area (Å²) in [7, 11) is 1.71. The number of benzene rings is 1. The maximum Gasteiger partial charge on any atom is 0.432 e. The molecule has 0 bridgehead atoms.